The van der Waals surface area contributed by atoms with Gasteiger partial charge in [0.25, 0.3) is 0 Å². The van der Waals surface area contributed by atoms with Crippen molar-refractivity contribution < 1.29 is 9.84 Å². The van der Waals surface area contributed by atoms with E-state index in [1.807, 2.05) is 17.5 Å². The van der Waals surface area contributed by atoms with Crippen LogP contribution in [0.4, 0.5) is 5.82 Å². The zero-order valence-corrected chi connectivity index (χ0v) is 15.2. The van der Waals surface area contributed by atoms with Crippen LogP contribution in [-0.2, 0) is 4.74 Å². The molecule has 5 nitrogen and oxygen atoms in total. The van der Waals surface area contributed by atoms with Crippen molar-refractivity contribution in [1.29, 1.82) is 0 Å². The van der Waals surface area contributed by atoms with Crippen LogP contribution in [0.2, 0.25) is 0 Å². The van der Waals surface area contributed by atoms with Gasteiger partial charge in [0, 0.05) is 18.7 Å². The van der Waals surface area contributed by atoms with Crippen LogP contribution in [0, 0.1) is 0 Å². The van der Waals surface area contributed by atoms with Crippen LogP contribution in [0.1, 0.15) is 0 Å². The summed E-state index contributed by atoms with van der Waals surface area (Å²) in [7, 11) is 0. The highest BCUT2D eigenvalue weighted by atomic mass is 35.5. The Labute approximate surface area is 156 Å². The summed E-state index contributed by atoms with van der Waals surface area (Å²) in [6.07, 6.45) is 0. The monoisotopic (exact) mass is 385 g/mol. The number of thiophene rings is 1. The third-order valence-electron chi connectivity index (χ3n) is 3.70. The van der Waals surface area contributed by atoms with E-state index in [0.717, 1.165) is 47.9 Å². The topological polar surface area (TPSA) is 58.5 Å². The number of aromatic hydroxyl groups is 1. The lowest BCUT2D eigenvalue weighted by Crippen LogP contribution is -2.36. The molecule has 0 amide bonds. The molecule has 24 heavy (non-hydrogen) atoms. The molecule has 1 N–H and O–H groups in total. The molecule has 0 spiro atoms. The van der Waals surface area contributed by atoms with Gasteiger partial charge in [0.05, 0.1) is 23.4 Å². The first-order valence-electron chi connectivity index (χ1n) is 7.18. The Hall–Kier alpha value is -1.60. The third kappa shape index (κ3) is 3.57. The van der Waals surface area contributed by atoms with E-state index < -0.39 is 0 Å². The summed E-state index contributed by atoms with van der Waals surface area (Å²) < 4.78 is 6.53. The molecule has 1 saturated heterocycles. The molecule has 3 aromatic rings. The maximum absolute atomic E-state index is 9.69. The lowest BCUT2D eigenvalue weighted by molar-refractivity contribution is 0.122. The van der Waals surface area contributed by atoms with Crippen molar-refractivity contribution in [3.8, 4) is 17.1 Å². The molecular weight excluding hydrogens is 369 g/mol. The number of rotatable bonds is 2. The molecule has 0 saturated carbocycles. The highest BCUT2D eigenvalue weighted by Gasteiger charge is 2.18. The van der Waals surface area contributed by atoms with Crippen LogP contribution in [0.3, 0.4) is 0 Å². The number of phenolic OH excluding ortho intramolecular Hbond substituents is 1. The van der Waals surface area contributed by atoms with Crippen LogP contribution in [0.25, 0.3) is 21.6 Å². The van der Waals surface area contributed by atoms with Crippen molar-refractivity contribution in [1.82, 2.24) is 9.97 Å². The quantitative estimate of drug-likeness (QED) is 0.727. The fourth-order valence-corrected chi connectivity index (χ4v) is 3.46. The molecule has 0 radical (unpaired) electrons. The van der Waals surface area contributed by atoms with Crippen molar-refractivity contribution in [2.24, 2.45) is 0 Å². The number of phenols is 1. The molecule has 1 aliphatic rings. The molecule has 0 bridgehead atoms. The Morgan fingerprint density at radius 2 is 1.88 bits per heavy atom. The number of nitrogens with zero attached hydrogens (tertiary/aromatic N) is 3. The van der Waals surface area contributed by atoms with E-state index in [9.17, 15) is 5.11 Å². The second-order valence-corrected chi connectivity index (χ2v) is 6.07. The van der Waals surface area contributed by atoms with Crippen molar-refractivity contribution in [3.05, 3.63) is 35.7 Å². The summed E-state index contributed by atoms with van der Waals surface area (Å²) in [5, 5.41) is 11.7. The summed E-state index contributed by atoms with van der Waals surface area (Å²) >= 11 is 1.66. The molecule has 4 rings (SSSR count). The minimum atomic E-state index is 0. The number of morpholine rings is 1. The fourth-order valence-electron chi connectivity index (χ4n) is 2.61. The van der Waals surface area contributed by atoms with E-state index in [-0.39, 0.29) is 30.6 Å². The van der Waals surface area contributed by atoms with Crippen molar-refractivity contribution in [2.45, 2.75) is 0 Å². The van der Waals surface area contributed by atoms with Crippen molar-refractivity contribution in [3.63, 3.8) is 0 Å². The van der Waals surface area contributed by atoms with Crippen molar-refractivity contribution >= 4 is 52.2 Å². The molecule has 128 valence electrons. The zero-order valence-electron chi connectivity index (χ0n) is 12.7. The second-order valence-electron chi connectivity index (χ2n) is 5.16. The Morgan fingerprint density at radius 1 is 1.08 bits per heavy atom. The molecule has 1 fully saturated rings. The molecule has 0 atom stereocenters. The van der Waals surface area contributed by atoms with Gasteiger partial charge >= 0.3 is 0 Å². The average molecular weight is 386 g/mol. The van der Waals surface area contributed by atoms with Crippen molar-refractivity contribution in [2.75, 3.05) is 31.2 Å². The zero-order chi connectivity index (χ0) is 14.9. The Bertz CT molecular complexity index is 822. The molecule has 1 aliphatic heterocycles. The second kappa shape index (κ2) is 7.98. The number of hydrogen-bond acceptors (Lipinski definition) is 6. The molecule has 0 aliphatic carbocycles. The molecule has 3 heterocycles. The van der Waals surface area contributed by atoms with Crippen LogP contribution < -0.4 is 4.90 Å². The Balaban J connectivity index is 0.00000104. The first kappa shape index (κ1) is 18.7. The van der Waals surface area contributed by atoms with E-state index in [0.29, 0.717) is 5.82 Å². The fraction of sp³-hybridized carbons (Fsp3) is 0.250. The maximum Gasteiger partial charge on any atom is 0.162 e. The predicted molar refractivity (Wildman–Crippen MR) is 102 cm³/mol. The van der Waals surface area contributed by atoms with E-state index in [2.05, 4.69) is 9.88 Å². The largest absolute Gasteiger partial charge is 0.508 e. The van der Waals surface area contributed by atoms with E-state index >= 15 is 0 Å². The number of anilines is 1. The van der Waals surface area contributed by atoms with Gasteiger partial charge in [0.15, 0.2) is 11.6 Å². The molecular formula is C16H17Cl2N3O2S. The summed E-state index contributed by atoms with van der Waals surface area (Å²) in [6.45, 7) is 3.11. The van der Waals surface area contributed by atoms with E-state index in [4.69, 9.17) is 9.72 Å². The molecule has 0 unspecified atom stereocenters. The normalized spacial score (nSPS) is 14.1. The minimum Gasteiger partial charge on any atom is -0.508 e. The molecule has 2 aromatic heterocycles. The maximum atomic E-state index is 9.69. The summed E-state index contributed by atoms with van der Waals surface area (Å²) in [5.74, 6) is 1.82. The van der Waals surface area contributed by atoms with Gasteiger partial charge < -0.3 is 14.7 Å². The van der Waals surface area contributed by atoms with Gasteiger partial charge in [-0.05, 0) is 23.6 Å². The van der Waals surface area contributed by atoms with Gasteiger partial charge in [-0.1, -0.05) is 12.1 Å². The Morgan fingerprint density at radius 3 is 2.62 bits per heavy atom. The van der Waals surface area contributed by atoms with Gasteiger partial charge in [0.1, 0.15) is 5.75 Å². The van der Waals surface area contributed by atoms with E-state index in [1.165, 1.54) is 0 Å². The number of ether oxygens (including phenoxy) is 1. The van der Waals surface area contributed by atoms with Gasteiger partial charge in [-0.15, -0.1) is 36.2 Å². The summed E-state index contributed by atoms with van der Waals surface area (Å²) in [5.41, 5.74) is 1.77. The van der Waals surface area contributed by atoms with E-state index in [1.54, 1.807) is 29.5 Å². The smallest absolute Gasteiger partial charge is 0.162 e. The first-order chi connectivity index (χ1) is 10.8. The van der Waals surface area contributed by atoms with Crippen LogP contribution in [0.5, 0.6) is 5.75 Å². The van der Waals surface area contributed by atoms with Gasteiger partial charge in [-0.2, -0.15) is 0 Å². The van der Waals surface area contributed by atoms with Gasteiger partial charge in [-0.25, -0.2) is 9.97 Å². The van der Waals surface area contributed by atoms with Crippen LogP contribution >= 0.6 is 36.2 Å². The van der Waals surface area contributed by atoms with Gasteiger partial charge in [-0.3, -0.25) is 0 Å². The predicted octanol–water partition coefficient (Wildman–Crippen LogP) is 3.74. The highest BCUT2D eigenvalue weighted by molar-refractivity contribution is 7.17. The number of hydrogen-bond donors (Lipinski definition) is 1. The standard InChI is InChI=1S/C16H15N3O2S.2ClH/c20-12-3-1-2-11(10-12)15-17-13-4-9-22-14(13)16(18-15)19-5-7-21-8-6-19;;/h1-4,9-10,20H,5-8H2;2*1H. The number of fused-ring (bicyclic) bond motifs is 1. The SMILES string of the molecule is Cl.Cl.Oc1cccc(-c2nc(N3CCOCC3)c3sccc3n2)c1. The van der Waals surface area contributed by atoms with Crippen LogP contribution in [-0.4, -0.2) is 41.4 Å². The molecule has 1 aromatic carbocycles. The third-order valence-corrected chi connectivity index (χ3v) is 4.60. The highest BCUT2D eigenvalue weighted by Crippen LogP contribution is 2.32. The lowest BCUT2D eigenvalue weighted by atomic mass is 10.2. The van der Waals surface area contributed by atoms with Gasteiger partial charge in [0.2, 0.25) is 0 Å². The van der Waals surface area contributed by atoms with Crippen LogP contribution in [0.15, 0.2) is 35.7 Å². The summed E-state index contributed by atoms with van der Waals surface area (Å²) in [4.78, 5) is 11.6. The molecule has 8 heteroatoms. The average Bonchev–Trinajstić information content (AvgIpc) is 3.03. The Kier molecular flexibility index (Phi) is 6.23. The first-order valence-corrected chi connectivity index (χ1v) is 8.06. The minimum absolute atomic E-state index is 0. The number of aromatic nitrogens is 2. The number of halogens is 2. The lowest BCUT2D eigenvalue weighted by Gasteiger charge is -2.28. The number of benzene rings is 1. The summed E-state index contributed by atoms with van der Waals surface area (Å²) in [6, 6.07) is 9.07.